The summed E-state index contributed by atoms with van der Waals surface area (Å²) in [6.45, 7) is 4.29. The van der Waals surface area contributed by atoms with Gasteiger partial charge in [0.1, 0.15) is 0 Å². The van der Waals surface area contributed by atoms with E-state index in [0.29, 0.717) is 0 Å². The Bertz CT molecular complexity index is 278. The van der Waals surface area contributed by atoms with Crippen molar-refractivity contribution < 1.29 is 19.0 Å². The van der Waals surface area contributed by atoms with Crippen molar-refractivity contribution in [2.45, 2.75) is 50.3 Å². The normalized spacial score (nSPS) is 45.9. The van der Waals surface area contributed by atoms with Crippen molar-refractivity contribution in [2.24, 2.45) is 5.06 Å². The van der Waals surface area contributed by atoms with E-state index in [9.17, 15) is 0 Å². The molecule has 16 heavy (non-hydrogen) atoms. The number of ether oxygens (including phenoxy) is 3. The number of methoxy groups -OCH3 is 1. The van der Waals surface area contributed by atoms with E-state index in [2.05, 4.69) is 5.06 Å². The molecular formula is C10H17BNO4. The maximum absolute atomic E-state index is 5.97. The van der Waals surface area contributed by atoms with Crippen LogP contribution in [0.4, 0.5) is 0 Å². The molecule has 0 N–H and O–H groups in total. The van der Waals surface area contributed by atoms with Crippen LogP contribution in [-0.4, -0.2) is 51.4 Å². The first-order valence-corrected chi connectivity index (χ1v) is 5.57. The molecule has 1 radical (unpaired) electrons. The van der Waals surface area contributed by atoms with E-state index in [4.69, 9.17) is 26.7 Å². The first-order chi connectivity index (χ1) is 7.69. The Labute approximate surface area is 96.5 Å². The number of hydrogen-bond acceptors (Lipinski definition) is 5. The Balaban J connectivity index is 2.23. The van der Waals surface area contributed by atoms with Gasteiger partial charge in [0, 0.05) is 0 Å². The van der Waals surface area contributed by atoms with Crippen LogP contribution in [-0.2, 0) is 19.0 Å². The average Bonchev–Trinajstić information content (AvgIpc) is 2.73. The predicted molar refractivity (Wildman–Crippen MR) is 57.2 cm³/mol. The number of fused-ring (bicyclic) bond motifs is 2. The van der Waals surface area contributed by atoms with Crippen LogP contribution in [0.15, 0.2) is 5.06 Å². The van der Waals surface area contributed by atoms with Crippen LogP contribution in [0.1, 0.15) is 20.3 Å². The fourth-order valence-electron chi connectivity index (χ4n) is 2.87. The molecule has 6 heteroatoms. The monoisotopic (exact) mass is 226 g/mol. The molecule has 2 rings (SSSR count). The zero-order valence-electron chi connectivity index (χ0n) is 9.88. The molecule has 0 amide bonds. The molecule has 2 heterocycles. The average molecular weight is 226 g/mol. The van der Waals surface area contributed by atoms with Crippen LogP contribution in [0, 0.1) is 0 Å². The van der Waals surface area contributed by atoms with Gasteiger partial charge in [0.05, 0.1) is 0 Å². The molecule has 0 aromatic carbocycles. The second-order valence-corrected chi connectivity index (χ2v) is 4.31. The summed E-state index contributed by atoms with van der Waals surface area (Å²) < 4.78 is 17.4. The molecule has 2 saturated heterocycles. The van der Waals surface area contributed by atoms with Crippen molar-refractivity contribution >= 4 is 7.64 Å². The third kappa shape index (κ3) is 1.51. The summed E-state index contributed by atoms with van der Waals surface area (Å²) >= 11 is 0. The van der Waals surface area contributed by atoms with Gasteiger partial charge in [-0.05, 0) is 0 Å². The van der Waals surface area contributed by atoms with Gasteiger partial charge in [0.15, 0.2) is 0 Å². The van der Waals surface area contributed by atoms with Crippen LogP contribution >= 0.6 is 0 Å². The maximum atomic E-state index is 5.97. The predicted octanol–water partition coefficient (Wildman–Crippen LogP) is 0.620. The van der Waals surface area contributed by atoms with E-state index in [0.717, 1.165) is 6.42 Å². The van der Waals surface area contributed by atoms with E-state index in [-0.39, 0.29) is 31.0 Å². The van der Waals surface area contributed by atoms with Crippen LogP contribution in [0.3, 0.4) is 0 Å². The van der Waals surface area contributed by atoms with Crippen molar-refractivity contribution in [3.05, 3.63) is 0 Å². The van der Waals surface area contributed by atoms with Crippen LogP contribution in [0.25, 0.3) is 0 Å². The van der Waals surface area contributed by atoms with Crippen molar-refractivity contribution in [3.8, 4) is 0 Å². The fourth-order valence-corrected chi connectivity index (χ4v) is 2.87. The van der Waals surface area contributed by atoms with Gasteiger partial charge >= 0.3 is 95.7 Å². The van der Waals surface area contributed by atoms with Gasteiger partial charge in [-0.2, -0.15) is 0 Å². The molecule has 2 bridgehead atoms. The van der Waals surface area contributed by atoms with Gasteiger partial charge in [-0.25, -0.2) is 0 Å². The second kappa shape index (κ2) is 4.43. The van der Waals surface area contributed by atoms with Crippen molar-refractivity contribution in [3.63, 3.8) is 0 Å². The van der Waals surface area contributed by atoms with Gasteiger partial charge in [-0.1, -0.05) is 0 Å². The molecule has 2 aliphatic rings. The van der Waals surface area contributed by atoms with Gasteiger partial charge in [-0.15, -0.1) is 0 Å². The Morgan fingerprint density at radius 3 is 2.81 bits per heavy atom. The third-order valence-electron chi connectivity index (χ3n) is 3.50. The van der Waals surface area contributed by atoms with Crippen molar-refractivity contribution in [2.75, 3.05) is 13.7 Å². The molecule has 89 valence electrons. The molecule has 1 unspecified atom stereocenters. The van der Waals surface area contributed by atoms with Crippen molar-refractivity contribution in [1.29, 1.82) is 0 Å². The Kier molecular flexibility index (Phi) is 3.33. The minimum atomic E-state index is -0.573. The van der Waals surface area contributed by atoms with Gasteiger partial charge in [0.2, 0.25) is 0 Å². The molecule has 0 aromatic rings. The van der Waals surface area contributed by atoms with Gasteiger partial charge in [0.25, 0.3) is 0 Å². The standard InChI is InChI=1S/C10H17BNO4/c1-4-7-10(5-14-12-11)9(13-3)8(15-7)6(2)16-10/h6-9H,4-5H2,1-3H3/t6-,7?,8-,9-,10-/m0/s1. The van der Waals surface area contributed by atoms with Crippen molar-refractivity contribution in [1.82, 2.24) is 0 Å². The Morgan fingerprint density at radius 2 is 2.25 bits per heavy atom. The topological polar surface area (TPSA) is 49.3 Å². The summed E-state index contributed by atoms with van der Waals surface area (Å²) in [4.78, 5) is 4.97. The summed E-state index contributed by atoms with van der Waals surface area (Å²) in [6.07, 6.45) is 0.678. The number of rotatable bonds is 5. The molecule has 2 fully saturated rings. The van der Waals surface area contributed by atoms with E-state index < -0.39 is 5.60 Å². The SMILES string of the molecule is [B]=NOC[C@]12O[C@@H](C)[C@H](OC1CC)[C@@H]2OC. The third-order valence-corrected chi connectivity index (χ3v) is 3.50. The number of hydrogen-bond donors (Lipinski definition) is 0. The summed E-state index contributed by atoms with van der Waals surface area (Å²) in [7, 11) is 6.67. The van der Waals surface area contributed by atoms with E-state index in [1.54, 1.807) is 7.11 Å². The first kappa shape index (κ1) is 12.0. The quantitative estimate of drug-likeness (QED) is 0.509. The Morgan fingerprint density at radius 1 is 1.50 bits per heavy atom. The summed E-state index contributed by atoms with van der Waals surface area (Å²) in [5, 5.41) is 3.18. The fraction of sp³-hybridized carbons (Fsp3) is 1.00. The van der Waals surface area contributed by atoms with E-state index >= 15 is 0 Å². The van der Waals surface area contributed by atoms with E-state index in [1.165, 1.54) is 0 Å². The van der Waals surface area contributed by atoms with Gasteiger partial charge in [-0.3, -0.25) is 0 Å². The number of nitrogens with zero attached hydrogens (tertiary/aromatic N) is 1. The molecular weight excluding hydrogens is 209 g/mol. The zero-order valence-corrected chi connectivity index (χ0v) is 9.88. The molecule has 0 aromatic heterocycles. The first-order valence-electron chi connectivity index (χ1n) is 5.57. The molecule has 0 spiro atoms. The second-order valence-electron chi connectivity index (χ2n) is 4.31. The van der Waals surface area contributed by atoms with Crippen LogP contribution in [0.2, 0.25) is 0 Å². The molecule has 2 aliphatic heterocycles. The minimum absolute atomic E-state index is 0.00845. The molecule has 0 saturated carbocycles. The van der Waals surface area contributed by atoms with Crippen LogP contribution in [0.5, 0.6) is 0 Å². The van der Waals surface area contributed by atoms with Gasteiger partial charge < -0.3 is 0 Å². The van der Waals surface area contributed by atoms with Crippen LogP contribution < -0.4 is 0 Å². The summed E-state index contributed by atoms with van der Waals surface area (Å²) in [6, 6.07) is 0. The summed E-state index contributed by atoms with van der Waals surface area (Å²) in [5.41, 5.74) is -0.573. The molecule has 5 nitrogen and oxygen atoms in total. The zero-order chi connectivity index (χ0) is 11.8. The molecule has 5 atom stereocenters. The Hall–Kier alpha value is -0.455. The summed E-state index contributed by atoms with van der Waals surface area (Å²) in [5.74, 6) is 0. The molecule has 0 aliphatic carbocycles. The van der Waals surface area contributed by atoms with E-state index in [1.807, 2.05) is 13.8 Å².